The fraction of sp³-hybridized carbons (Fsp3) is 0.300. The van der Waals surface area contributed by atoms with Crippen LogP contribution in [0.1, 0.15) is 46.9 Å². The van der Waals surface area contributed by atoms with Gasteiger partial charge in [-0.1, -0.05) is 6.92 Å². The van der Waals surface area contributed by atoms with Crippen LogP contribution in [0.4, 0.5) is 0 Å². The number of Topliss-reactive ketones (excluding diaryl/α,β-unsaturated/α-hetero) is 1. The summed E-state index contributed by atoms with van der Waals surface area (Å²) in [5, 5.41) is 0. The average molecular weight is 387 g/mol. The highest BCUT2D eigenvalue weighted by Crippen LogP contribution is 2.22. The Morgan fingerprint density at radius 1 is 0.926 bits per heavy atom. The Morgan fingerprint density at radius 2 is 1.48 bits per heavy atom. The normalized spacial score (nSPS) is 14.9. The van der Waals surface area contributed by atoms with E-state index < -0.39 is 16.0 Å². The Morgan fingerprint density at radius 3 is 2.04 bits per heavy atom. The SMILES string of the molecule is CCC(=O)c1ccc(OC(=O)c2ccc(S(=O)(=O)N3CCCC3)cc2)cc1. The van der Waals surface area contributed by atoms with Crippen LogP contribution in [0.25, 0.3) is 0 Å². The summed E-state index contributed by atoms with van der Waals surface area (Å²) in [6.45, 7) is 2.84. The number of ether oxygens (including phenoxy) is 1. The second-order valence-electron chi connectivity index (χ2n) is 6.33. The van der Waals surface area contributed by atoms with Crippen LogP contribution in [0.5, 0.6) is 5.75 Å². The number of nitrogens with zero attached hydrogens (tertiary/aromatic N) is 1. The van der Waals surface area contributed by atoms with Crippen molar-refractivity contribution >= 4 is 21.8 Å². The standard InChI is InChI=1S/C20H21NO5S/c1-2-19(22)15-5-9-17(10-6-15)26-20(23)16-7-11-18(12-8-16)27(24,25)21-13-3-4-14-21/h5-12H,2-4,13-14H2,1H3. The van der Waals surface area contributed by atoms with E-state index in [2.05, 4.69) is 0 Å². The van der Waals surface area contributed by atoms with E-state index in [1.807, 2.05) is 0 Å². The van der Waals surface area contributed by atoms with Gasteiger partial charge >= 0.3 is 5.97 Å². The third-order valence-electron chi connectivity index (χ3n) is 4.50. The van der Waals surface area contributed by atoms with Crippen LogP contribution in [0.15, 0.2) is 53.4 Å². The average Bonchev–Trinajstić information content (AvgIpc) is 3.24. The maximum absolute atomic E-state index is 12.5. The van der Waals surface area contributed by atoms with Gasteiger partial charge < -0.3 is 4.74 Å². The van der Waals surface area contributed by atoms with E-state index in [1.165, 1.54) is 28.6 Å². The number of hydrogen-bond donors (Lipinski definition) is 0. The van der Waals surface area contributed by atoms with E-state index in [0.717, 1.165) is 12.8 Å². The van der Waals surface area contributed by atoms with E-state index in [4.69, 9.17) is 4.74 Å². The smallest absolute Gasteiger partial charge is 0.343 e. The Hall–Kier alpha value is -2.51. The van der Waals surface area contributed by atoms with Crippen molar-refractivity contribution < 1.29 is 22.7 Å². The number of carbonyl (C=O) groups excluding carboxylic acids is 2. The van der Waals surface area contributed by atoms with E-state index in [9.17, 15) is 18.0 Å². The molecule has 1 fully saturated rings. The highest BCUT2D eigenvalue weighted by Gasteiger charge is 2.27. The van der Waals surface area contributed by atoms with Crippen molar-refractivity contribution in [3.63, 3.8) is 0 Å². The molecule has 1 aliphatic heterocycles. The van der Waals surface area contributed by atoms with Crippen LogP contribution in [0, 0.1) is 0 Å². The van der Waals surface area contributed by atoms with Crippen molar-refractivity contribution in [1.82, 2.24) is 4.31 Å². The van der Waals surface area contributed by atoms with E-state index in [1.54, 1.807) is 31.2 Å². The van der Waals surface area contributed by atoms with Crippen molar-refractivity contribution in [3.8, 4) is 5.75 Å². The second-order valence-corrected chi connectivity index (χ2v) is 8.26. The minimum absolute atomic E-state index is 0.0164. The Balaban J connectivity index is 1.69. The molecule has 0 atom stereocenters. The Kier molecular flexibility index (Phi) is 5.72. The topological polar surface area (TPSA) is 80.8 Å². The largest absolute Gasteiger partial charge is 0.423 e. The molecule has 0 unspecified atom stereocenters. The molecular formula is C20H21NO5S. The van der Waals surface area contributed by atoms with Gasteiger partial charge in [0.1, 0.15) is 5.75 Å². The number of benzene rings is 2. The first-order valence-electron chi connectivity index (χ1n) is 8.87. The lowest BCUT2D eigenvalue weighted by atomic mass is 10.1. The van der Waals surface area contributed by atoms with Crippen molar-refractivity contribution in [1.29, 1.82) is 0 Å². The summed E-state index contributed by atoms with van der Waals surface area (Å²) in [6.07, 6.45) is 2.14. The lowest BCUT2D eigenvalue weighted by Crippen LogP contribution is -2.27. The molecule has 2 aromatic carbocycles. The summed E-state index contributed by atoms with van der Waals surface area (Å²) in [4.78, 5) is 24.0. The third-order valence-corrected chi connectivity index (χ3v) is 6.41. The summed E-state index contributed by atoms with van der Waals surface area (Å²) in [5.41, 5.74) is 0.817. The number of esters is 1. The predicted molar refractivity (Wildman–Crippen MR) is 100 cm³/mol. The van der Waals surface area contributed by atoms with Crippen molar-refractivity contribution in [2.24, 2.45) is 0 Å². The highest BCUT2D eigenvalue weighted by molar-refractivity contribution is 7.89. The molecule has 1 heterocycles. The first kappa shape index (κ1) is 19.3. The highest BCUT2D eigenvalue weighted by atomic mass is 32.2. The van der Waals surface area contributed by atoms with Gasteiger partial charge in [0.15, 0.2) is 5.78 Å². The molecule has 142 valence electrons. The quantitative estimate of drug-likeness (QED) is 0.432. The molecule has 6 nitrogen and oxygen atoms in total. The van der Waals surface area contributed by atoms with E-state index in [-0.39, 0.29) is 16.2 Å². The number of ketones is 1. The zero-order valence-corrected chi connectivity index (χ0v) is 15.9. The second kappa shape index (κ2) is 8.02. The van der Waals surface area contributed by atoms with Crippen LogP contribution in [-0.4, -0.2) is 37.6 Å². The van der Waals surface area contributed by atoms with Gasteiger partial charge in [-0.15, -0.1) is 0 Å². The van der Waals surface area contributed by atoms with Gasteiger partial charge in [-0.05, 0) is 61.4 Å². The summed E-state index contributed by atoms with van der Waals surface area (Å²) in [5.74, 6) is -0.251. The van der Waals surface area contributed by atoms with Crippen molar-refractivity contribution in [2.45, 2.75) is 31.1 Å². The molecule has 0 saturated carbocycles. The number of rotatable bonds is 6. The molecule has 0 radical (unpaired) electrons. The van der Waals surface area contributed by atoms with Gasteiger partial charge in [-0.3, -0.25) is 4.79 Å². The van der Waals surface area contributed by atoms with Gasteiger partial charge in [0.05, 0.1) is 10.5 Å². The van der Waals surface area contributed by atoms with Gasteiger partial charge in [-0.25, -0.2) is 13.2 Å². The molecule has 0 aromatic heterocycles. The monoisotopic (exact) mass is 387 g/mol. The maximum atomic E-state index is 12.5. The Bertz CT molecular complexity index is 927. The first-order valence-corrected chi connectivity index (χ1v) is 10.3. The molecule has 0 N–H and O–H groups in total. The minimum Gasteiger partial charge on any atom is -0.423 e. The van der Waals surface area contributed by atoms with Crippen LogP contribution in [0.3, 0.4) is 0 Å². The third kappa shape index (κ3) is 4.26. The molecule has 3 rings (SSSR count). The molecule has 1 aliphatic rings. The molecule has 0 aliphatic carbocycles. The van der Waals surface area contributed by atoms with Crippen LogP contribution >= 0.6 is 0 Å². The number of sulfonamides is 1. The Labute approximate surface area is 158 Å². The van der Waals surface area contributed by atoms with Crippen molar-refractivity contribution in [2.75, 3.05) is 13.1 Å². The molecule has 7 heteroatoms. The molecule has 2 aromatic rings. The molecule has 1 saturated heterocycles. The fourth-order valence-electron chi connectivity index (χ4n) is 2.92. The molecular weight excluding hydrogens is 366 g/mol. The predicted octanol–water partition coefficient (Wildman–Crippen LogP) is 3.28. The summed E-state index contributed by atoms with van der Waals surface area (Å²) >= 11 is 0. The summed E-state index contributed by atoms with van der Waals surface area (Å²) in [6, 6.07) is 12.1. The van der Waals surface area contributed by atoms with Gasteiger partial charge in [-0.2, -0.15) is 4.31 Å². The molecule has 0 spiro atoms. The first-order chi connectivity index (χ1) is 12.9. The zero-order chi connectivity index (χ0) is 19.4. The lowest BCUT2D eigenvalue weighted by molar-refractivity contribution is 0.0734. The zero-order valence-electron chi connectivity index (χ0n) is 15.1. The summed E-state index contributed by atoms with van der Waals surface area (Å²) in [7, 11) is -3.51. The number of carbonyl (C=O) groups is 2. The number of hydrogen-bond acceptors (Lipinski definition) is 5. The molecule has 0 bridgehead atoms. The van der Waals surface area contributed by atoms with E-state index >= 15 is 0 Å². The van der Waals surface area contributed by atoms with Crippen LogP contribution in [0.2, 0.25) is 0 Å². The summed E-state index contributed by atoms with van der Waals surface area (Å²) < 4.78 is 31.7. The van der Waals surface area contributed by atoms with Gasteiger partial charge in [0.25, 0.3) is 0 Å². The maximum Gasteiger partial charge on any atom is 0.343 e. The van der Waals surface area contributed by atoms with Crippen LogP contribution < -0.4 is 4.74 Å². The minimum atomic E-state index is -3.51. The van der Waals surface area contributed by atoms with Crippen LogP contribution in [-0.2, 0) is 10.0 Å². The molecule has 0 amide bonds. The van der Waals surface area contributed by atoms with E-state index in [0.29, 0.717) is 30.8 Å². The van der Waals surface area contributed by atoms with Crippen molar-refractivity contribution in [3.05, 3.63) is 59.7 Å². The molecule has 27 heavy (non-hydrogen) atoms. The fourth-order valence-corrected chi connectivity index (χ4v) is 4.44. The van der Waals surface area contributed by atoms with Gasteiger partial charge in [0, 0.05) is 25.1 Å². The van der Waals surface area contributed by atoms with Gasteiger partial charge in [0.2, 0.25) is 10.0 Å². The lowest BCUT2D eigenvalue weighted by Gasteiger charge is -2.15.